The second-order valence-corrected chi connectivity index (χ2v) is 5.90. The van der Waals surface area contributed by atoms with Crippen molar-refractivity contribution < 1.29 is 18.7 Å². The van der Waals surface area contributed by atoms with Gasteiger partial charge in [-0.1, -0.05) is 18.2 Å². The highest BCUT2D eigenvalue weighted by Crippen LogP contribution is 2.16. The third kappa shape index (κ3) is 5.92. The van der Waals surface area contributed by atoms with Crippen LogP contribution in [-0.4, -0.2) is 23.7 Å². The fourth-order valence-corrected chi connectivity index (χ4v) is 2.42. The molecule has 2 N–H and O–H groups in total. The summed E-state index contributed by atoms with van der Waals surface area (Å²) < 4.78 is 18.2. The summed E-state index contributed by atoms with van der Waals surface area (Å²) in [5.74, 6) is -0.673. The fourth-order valence-electron chi connectivity index (χ4n) is 1.71. The highest BCUT2D eigenvalue weighted by atomic mass is 32.2. The van der Waals surface area contributed by atoms with Gasteiger partial charge in [-0.05, 0) is 43.3 Å². The Hall–Kier alpha value is -2.54. The average molecular weight is 348 g/mol. The first-order chi connectivity index (χ1) is 11.5. The molecule has 24 heavy (non-hydrogen) atoms. The van der Waals surface area contributed by atoms with Gasteiger partial charge in [-0.3, -0.25) is 20.4 Å². The Kier molecular flexibility index (Phi) is 6.62. The zero-order valence-electron chi connectivity index (χ0n) is 13.0. The van der Waals surface area contributed by atoms with Gasteiger partial charge in [-0.15, -0.1) is 11.8 Å². The van der Waals surface area contributed by atoms with Gasteiger partial charge in [0.25, 0.3) is 5.91 Å². The van der Waals surface area contributed by atoms with Crippen LogP contribution in [0.15, 0.2) is 59.5 Å². The monoisotopic (exact) mass is 348 g/mol. The number of carbonyl (C=O) groups excluding carboxylic acids is 2. The summed E-state index contributed by atoms with van der Waals surface area (Å²) in [7, 11) is 0. The highest BCUT2D eigenvalue weighted by molar-refractivity contribution is 8.00. The number of carbonyl (C=O) groups is 2. The van der Waals surface area contributed by atoms with Gasteiger partial charge in [0.05, 0.1) is 5.75 Å². The lowest BCUT2D eigenvalue weighted by Crippen LogP contribution is -2.47. The van der Waals surface area contributed by atoms with Crippen LogP contribution in [0.2, 0.25) is 0 Å². The predicted octanol–water partition coefficient (Wildman–Crippen LogP) is 2.53. The van der Waals surface area contributed by atoms with Crippen molar-refractivity contribution in [3.8, 4) is 5.75 Å². The molecule has 1 atom stereocenters. The van der Waals surface area contributed by atoms with E-state index in [9.17, 15) is 14.0 Å². The van der Waals surface area contributed by atoms with Crippen LogP contribution in [0.25, 0.3) is 0 Å². The summed E-state index contributed by atoms with van der Waals surface area (Å²) in [5, 5.41) is 0. The molecule has 0 aliphatic rings. The van der Waals surface area contributed by atoms with E-state index in [0.29, 0.717) is 5.75 Å². The molecule has 0 radical (unpaired) electrons. The Morgan fingerprint density at radius 2 is 1.75 bits per heavy atom. The average Bonchev–Trinajstić information content (AvgIpc) is 2.60. The quantitative estimate of drug-likeness (QED) is 0.622. The fraction of sp³-hybridized carbons (Fsp3) is 0.176. The number of hydrazine groups is 1. The van der Waals surface area contributed by atoms with Crippen LogP contribution in [0, 0.1) is 5.82 Å². The van der Waals surface area contributed by atoms with E-state index >= 15 is 0 Å². The lowest BCUT2D eigenvalue weighted by molar-refractivity contribution is -0.131. The molecule has 0 heterocycles. The minimum absolute atomic E-state index is 0.178. The lowest BCUT2D eigenvalue weighted by atomic mass is 10.3. The van der Waals surface area contributed by atoms with E-state index in [1.165, 1.54) is 43.0 Å². The van der Waals surface area contributed by atoms with Crippen molar-refractivity contribution in [2.45, 2.75) is 17.9 Å². The molecule has 2 aromatic rings. The van der Waals surface area contributed by atoms with E-state index < -0.39 is 12.0 Å². The van der Waals surface area contributed by atoms with Crippen LogP contribution in [0.4, 0.5) is 4.39 Å². The summed E-state index contributed by atoms with van der Waals surface area (Å²) in [4.78, 5) is 24.5. The number of ether oxygens (including phenoxy) is 1. The Morgan fingerprint density at radius 3 is 2.42 bits per heavy atom. The van der Waals surface area contributed by atoms with Gasteiger partial charge in [0.15, 0.2) is 6.10 Å². The summed E-state index contributed by atoms with van der Waals surface area (Å²) in [5.41, 5.74) is 4.63. The highest BCUT2D eigenvalue weighted by Gasteiger charge is 2.15. The van der Waals surface area contributed by atoms with Gasteiger partial charge < -0.3 is 4.74 Å². The first-order valence-corrected chi connectivity index (χ1v) is 8.22. The molecule has 126 valence electrons. The van der Waals surface area contributed by atoms with Gasteiger partial charge in [-0.25, -0.2) is 4.39 Å². The van der Waals surface area contributed by atoms with E-state index in [2.05, 4.69) is 10.9 Å². The second kappa shape index (κ2) is 8.93. The van der Waals surface area contributed by atoms with Gasteiger partial charge in [0.1, 0.15) is 11.6 Å². The van der Waals surface area contributed by atoms with Crippen LogP contribution in [0.3, 0.4) is 0 Å². The molecule has 0 aliphatic heterocycles. The van der Waals surface area contributed by atoms with Gasteiger partial charge >= 0.3 is 0 Å². The van der Waals surface area contributed by atoms with Gasteiger partial charge in [0.2, 0.25) is 5.91 Å². The van der Waals surface area contributed by atoms with Crippen molar-refractivity contribution in [2.75, 3.05) is 5.75 Å². The van der Waals surface area contributed by atoms with Crippen molar-refractivity contribution in [3.05, 3.63) is 60.4 Å². The Labute approximate surface area is 143 Å². The summed E-state index contributed by atoms with van der Waals surface area (Å²) in [6, 6.07) is 14.8. The van der Waals surface area contributed by atoms with Crippen molar-refractivity contribution in [1.29, 1.82) is 0 Å². The molecule has 0 aromatic heterocycles. The second-order valence-electron chi connectivity index (χ2n) is 4.85. The van der Waals surface area contributed by atoms with E-state index in [0.717, 1.165) is 4.90 Å². The van der Waals surface area contributed by atoms with Crippen molar-refractivity contribution in [1.82, 2.24) is 10.9 Å². The van der Waals surface area contributed by atoms with E-state index in [4.69, 9.17) is 4.74 Å². The molecule has 0 saturated carbocycles. The smallest absolute Gasteiger partial charge is 0.279 e. The van der Waals surface area contributed by atoms with Crippen LogP contribution in [-0.2, 0) is 9.59 Å². The lowest BCUT2D eigenvalue weighted by Gasteiger charge is -2.15. The topological polar surface area (TPSA) is 67.4 Å². The minimum atomic E-state index is -0.836. The van der Waals surface area contributed by atoms with Gasteiger partial charge in [0, 0.05) is 4.90 Å². The number of hydrogen-bond donors (Lipinski definition) is 2. The van der Waals surface area contributed by atoms with Crippen molar-refractivity contribution in [2.24, 2.45) is 0 Å². The normalized spacial score (nSPS) is 11.4. The third-order valence-electron chi connectivity index (χ3n) is 2.93. The third-order valence-corrected chi connectivity index (χ3v) is 3.95. The Balaban J connectivity index is 1.71. The van der Waals surface area contributed by atoms with E-state index in [-0.39, 0.29) is 17.5 Å². The maximum atomic E-state index is 12.8. The Morgan fingerprint density at radius 1 is 1.08 bits per heavy atom. The zero-order chi connectivity index (χ0) is 17.4. The summed E-state index contributed by atoms with van der Waals surface area (Å²) in [6.45, 7) is 1.53. The van der Waals surface area contributed by atoms with E-state index in [1.54, 1.807) is 0 Å². The predicted molar refractivity (Wildman–Crippen MR) is 89.9 cm³/mol. The number of benzene rings is 2. The molecule has 0 fully saturated rings. The van der Waals surface area contributed by atoms with Crippen molar-refractivity contribution >= 4 is 23.6 Å². The summed E-state index contributed by atoms with van der Waals surface area (Å²) >= 11 is 1.36. The largest absolute Gasteiger partial charge is 0.481 e. The molecule has 0 aliphatic carbocycles. The first kappa shape index (κ1) is 17.8. The molecule has 5 nitrogen and oxygen atoms in total. The standard InChI is InChI=1S/C17H17FN2O3S/c1-12(23-14-9-7-13(18)8-10-14)17(22)20-19-16(21)11-24-15-5-3-2-4-6-15/h2-10,12H,11H2,1H3,(H,19,21)(H,20,22)/t12-/m1/s1. The van der Waals surface area contributed by atoms with Crippen LogP contribution in [0.5, 0.6) is 5.75 Å². The molecule has 0 unspecified atom stereocenters. The van der Waals surface area contributed by atoms with Gasteiger partial charge in [-0.2, -0.15) is 0 Å². The number of amides is 2. The Bertz CT molecular complexity index is 680. The van der Waals surface area contributed by atoms with Crippen LogP contribution in [0.1, 0.15) is 6.92 Å². The first-order valence-electron chi connectivity index (χ1n) is 7.23. The molecular weight excluding hydrogens is 331 g/mol. The maximum absolute atomic E-state index is 12.8. The minimum Gasteiger partial charge on any atom is -0.481 e. The number of halogens is 1. The van der Waals surface area contributed by atoms with Crippen molar-refractivity contribution in [3.63, 3.8) is 0 Å². The molecule has 2 amide bonds. The summed E-state index contributed by atoms with van der Waals surface area (Å²) in [6.07, 6.45) is -0.836. The number of thioether (sulfide) groups is 1. The number of rotatable bonds is 6. The molecule has 2 rings (SSSR count). The molecule has 7 heteroatoms. The van der Waals surface area contributed by atoms with E-state index in [1.807, 2.05) is 30.3 Å². The molecule has 0 spiro atoms. The molecule has 2 aromatic carbocycles. The zero-order valence-corrected chi connectivity index (χ0v) is 13.8. The maximum Gasteiger partial charge on any atom is 0.279 e. The van der Waals surface area contributed by atoms with Crippen LogP contribution >= 0.6 is 11.8 Å². The molecule has 0 saturated heterocycles. The SMILES string of the molecule is C[C@@H](Oc1ccc(F)cc1)C(=O)NNC(=O)CSc1ccccc1. The molecular formula is C17H17FN2O3S. The molecule has 0 bridgehead atoms. The number of hydrogen-bond acceptors (Lipinski definition) is 4. The van der Waals surface area contributed by atoms with Crippen LogP contribution < -0.4 is 15.6 Å². The number of nitrogens with one attached hydrogen (secondary N) is 2.